The highest BCUT2D eigenvalue weighted by atomic mass is 16.6. The number of rotatable bonds is 7. The number of nitrogens with one attached hydrogen (secondary N) is 1. The third-order valence-electron chi connectivity index (χ3n) is 4.19. The van der Waals surface area contributed by atoms with Gasteiger partial charge in [-0.2, -0.15) is 5.26 Å². The lowest BCUT2D eigenvalue weighted by molar-refractivity contribution is -0.139. The third kappa shape index (κ3) is 6.45. The molecule has 0 spiro atoms. The van der Waals surface area contributed by atoms with Crippen molar-refractivity contribution in [3.8, 4) is 6.07 Å². The highest BCUT2D eigenvalue weighted by Crippen LogP contribution is 2.18. The van der Waals surface area contributed by atoms with E-state index in [2.05, 4.69) is 5.32 Å². The molecule has 7 nitrogen and oxygen atoms in total. The van der Waals surface area contributed by atoms with E-state index in [1.54, 1.807) is 63.2 Å². The van der Waals surface area contributed by atoms with Crippen LogP contribution in [0.15, 0.2) is 48.5 Å². The number of carbonyl (C=O) groups is 3. The molecule has 156 valence electrons. The molecule has 2 aromatic carbocycles. The number of aliphatic carboxylic acids is 1. The number of benzene rings is 2. The minimum Gasteiger partial charge on any atom is -0.480 e. The van der Waals surface area contributed by atoms with Gasteiger partial charge in [0.15, 0.2) is 5.78 Å². The minimum atomic E-state index is -1.24. The Morgan fingerprint density at radius 1 is 1.07 bits per heavy atom. The van der Waals surface area contributed by atoms with Crippen molar-refractivity contribution in [3.63, 3.8) is 0 Å². The maximum atomic E-state index is 12.7. The maximum absolute atomic E-state index is 12.7. The molecule has 0 fully saturated rings. The summed E-state index contributed by atoms with van der Waals surface area (Å²) >= 11 is 0. The highest BCUT2D eigenvalue weighted by Gasteiger charge is 2.25. The summed E-state index contributed by atoms with van der Waals surface area (Å²) in [6.07, 6.45) is -0.886. The van der Waals surface area contributed by atoms with E-state index < -0.39 is 23.7 Å². The molecule has 1 unspecified atom stereocenters. The Hall–Kier alpha value is -3.66. The van der Waals surface area contributed by atoms with E-state index in [-0.39, 0.29) is 18.6 Å². The Morgan fingerprint density at radius 3 is 2.30 bits per heavy atom. The molecule has 30 heavy (non-hydrogen) atoms. The van der Waals surface area contributed by atoms with Crippen LogP contribution in [-0.2, 0) is 22.4 Å². The summed E-state index contributed by atoms with van der Waals surface area (Å²) in [5.41, 5.74) is 1.25. The minimum absolute atomic E-state index is 0.00399. The number of hydrogen-bond donors (Lipinski definition) is 2. The lowest BCUT2D eigenvalue weighted by Crippen LogP contribution is -2.44. The van der Waals surface area contributed by atoms with Crippen LogP contribution in [0.5, 0.6) is 0 Å². The van der Waals surface area contributed by atoms with Crippen molar-refractivity contribution < 1.29 is 24.2 Å². The number of carboxylic acids is 1. The van der Waals surface area contributed by atoms with Crippen LogP contribution in [0.4, 0.5) is 4.79 Å². The summed E-state index contributed by atoms with van der Waals surface area (Å²) in [6.45, 7) is 5.03. The predicted octanol–water partition coefficient (Wildman–Crippen LogP) is 3.50. The number of hydrogen-bond acceptors (Lipinski definition) is 5. The van der Waals surface area contributed by atoms with E-state index >= 15 is 0 Å². The molecule has 1 amide bonds. The number of ketones is 1. The van der Waals surface area contributed by atoms with Crippen molar-refractivity contribution in [2.45, 2.75) is 45.3 Å². The van der Waals surface area contributed by atoms with E-state index in [4.69, 9.17) is 10.00 Å². The summed E-state index contributed by atoms with van der Waals surface area (Å²) in [5, 5.41) is 21.0. The average molecular weight is 408 g/mol. The molecule has 2 aromatic rings. The first kappa shape index (κ1) is 22.6. The maximum Gasteiger partial charge on any atom is 0.408 e. The van der Waals surface area contributed by atoms with Crippen molar-refractivity contribution in [2.24, 2.45) is 0 Å². The van der Waals surface area contributed by atoms with Crippen molar-refractivity contribution in [3.05, 3.63) is 70.8 Å². The first-order valence-electron chi connectivity index (χ1n) is 9.41. The van der Waals surface area contributed by atoms with Crippen LogP contribution in [0.1, 0.15) is 47.8 Å². The normalized spacial score (nSPS) is 11.8. The Balaban J connectivity index is 2.26. The van der Waals surface area contributed by atoms with Gasteiger partial charge < -0.3 is 15.2 Å². The second-order valence-corrected chi connectivity index (χ2v) is 7.75. The Bertz CT molecular complexity index is 971. The Kier molecular flexibility index (Phi) is 7.32. The van der Waals surface area contributed by atoms with Crippen LogP contribution < -0.4 is 5.32 Å². The van der Waals surface area contributed by atoms with Crippen LogP contribution in [0.2, 0.25) is 0 Å². The van der Waals surface area contributed by atoms with Gasteiger partial charge in [-0.3, -0.25) is 4.79 Å². The van der Waals surface area contributed by atoms with E-state index in [0.29, 0.717) is 22.3 Å². The van der Waals surface area contributed by atoms with Gasteiger partial charge in [0.1, 0.15) is 11.6 Å². The van der Waals surface area contributed by atoms with Crippen LogP contribution in [-0.4, -0.2) is 34.6 Å². The molecule has 0 aliphatic heterocycles. The fraction of sp³-hybridized carbons (Fsp3) is 0.304. The highest BCUT2D eigenvalue weighted by molar-refractivity contribution is 6.09. The molecule has 0 saturated heterocycles. The topological polar surface area (TPSA) is 116 Å². The molecule has 0 aliphatic rings. The molecule has 1 atom stereocenters. The lowest BCUT2D eigenvalue weighted by atomic mass is 9.93. The first-order valence-corrected chi connectivity index (χ1v) is 9.41. The van der Waals surface area contributed by atoms with E-state index in [0.717, 1.165) is 0 Å². The zero-order valence-electron chi connectivity index (χ0n) is 17.1. The lowest BCUT2D eigenvalue weighted by Gasteiger charge is -2.22. The summed E-state index contributed by atoms with van der Waals surface area (Å²) in [4.78, 5) is 36.3. The fourth-order valence-corrected chi connectivity index (χ4v) is 2.84. The van der Waals surface area contributed by atoms with Gasteiger partial charge in [0.2, 0.25) is 0 Å². The summed E-state index contributed by atoms with van der Waals surface area (Å²) in [6, 6.07) is 14.3. The zero-order chi connectivity index (χ0) is 22.3. The van der Waals surface area contributed by atoms with Crippen LogP contribution in [0.3, 0.4) is 0 Å². The molecule has 0 radical (unpaired) electrons. The smallest absolute Gasteiger partial charge is 0.408 e. The number of nitrogens with zero attached hydrogens (tertiary/aromatic N) is 1. The average Bonchev–Trinajstić information content (AvgIpc) is 2.67. The quantitative estimate of drug-likeness (QED) is 0.677. The van der Waals surface area contributed by atoms with Gasteiger partial charge in [-0.25, -0.2) is 9.59 Å². The van der Waals surface area contributed by atoms with Crippen LogP contribution in [0.25, 0.3) is 0 Å². The van der Waals surface area contributed by atoms with Gasteiger partial charge in [0.25, 0.3) is 0 Å². The van der Waals surface area contributed by atoms with E-state index in [1.165, 1.54) is 0 Å². The first-order chi connectivity index (χ1) is 14.1. The molecule has 0 heterocycles. The van der Waals surface area contributed by atoms with Crippen molar-refractivity contribution in [2.75, 3.05) is 0 Å². The number of alkyl carbamates (subject to hydrolysis) is 1. The Labute approximate surface area is 175 Å². The van der Waals surface area contributed by atoms with Crippen LogP contribution in [0, 0.1) is 11.3 Å². The molecular formula is C23H24N2O5. The largest absolute Gasteiger partial charge is 0.480 e. The van der Waals surface area contributed by atoms with Gasteiger partial charge >= 0.3 is 12.1 Å². The molecule has 2 rings (SSSR count). The van der Waals surface area contributed by atoms with Crippen LogP contribution >= 0.6 is 0 Å². The molecule has 2 N–H and O–H groups in total. The van der Waals surface area contributed by atoms with E-state index in [1.807, 2.05) is 12.1 Å². The third-order valence-corrected chi connectivity index (χ3v) is 4.19. The number of ether oxygens (including phenoxy) is 1. The Morgan fingerprint density at radius 2 is 1.73 bits per heavy atom. The fourth-order valence-electron chi connectivity index (χ4n) is 2.84. The van der Waals surface area contributed by atoms with Gasteiger partial charge in [-0.1, -0.05) is 42.5 Å². The molecule has 0 saturated carbocycles. The summed E-state index contributed by atoms with van der Waals surface area (Å²) in [5.74, 6) is -1.42. The zero-order valence-corrected chi connectivity index (χ0v) is 17.1. The summed E-state index contributed by atoms with van der Waals surface area (Å²) < 4.78 is 5.12. The molecule has 0 bridgehead atoms. The van der Waals surface area contributed by atoms with Gasteiger partial charge in [-0.05, 0) is 38.0 Å². The standard InChI is InChI=1S/C23H24N2O5/c1-23(2,3)30-22(29)25-19(21(27)28)14-16-9-10-18(13-17(16)11-12-24)20(26)15-7-5-4-6-8-15/h4-10,13,19H,11,14H2,1-3H3,(H,25,29)(H,27,28). The van der Waals surface area contributed by atoms with E-state index in [9.17, 15) is 19.5 Å². The second kappa shape index (κ2) is 9.70. The molecule has 7 heteroatoms. The van der Waals surface area contributed by atoms with Gasteiger partial charge in [0.05, 0.1) is 12.5 Å². The van der Waals surface area contributed by atoms with Crippen molar-refractivity contribution >= 4 is 17.8 Å². The monoisotopic (exact) mass is 408 g/mol. The predicted molar refractivity (Wildman–Crippen MR) is 110 cm³/mol. The molecule has 0 aromatic heterocycles. The van der Waals surface area contributed by atoms with Crippen molar-refractivity contribution in [1.29, 1.82) is 5.26 Å². The van der Waals surface area contributed by atoms with Crippen molar-refractivity contribution in [1.82, 2.24) is 5.32 Å². The van der Waals surface area contributed by atoms with Gasteiger partial charge in [0, 0.05) is 17.5 Å². The number of nitriles is 1. The number of amides is 1. The SMILES string of the molecule is CC(C)(C)OC(=O)NC(Cc1ccc(C(=O)c2ccccc2)cc1CC#N)C(=O)O. The second-order valence-electron chi connectivity index (χ2n) is 7.75. The van der Waals surface area contributed by atoms with Gasteiger partial charge in [-0.15, -0.1) is 0 Å². The molecule has 0 aliphatic carbocycles. The number of carbonyl (C=O) groups excluding carboxylic acids is 2. The number of carboxylic acid groups (broad SMARTS) is 1. The summed E-state index contributed by atoms with van der Waals surface area (Å²) in [7, 11) is 0. The molecular weight excluding hydrogens is 384 g/mol.